The Morgan fingerprint density at radius 1 is 1.15 bits per heavy atom. The van der Waals surface area contributed by atoms with Crippen LogP contribution in [-0.2, 0) is 16.1 Å². The molecule has 1 aromatic rings. The zero-order chi connectivity index (χ0) is 19.1. The Labute approximate surface area is 160 Å². The summed E-state index contributed by atoms with van der Waals surface area (Å²) >= 11 is 0. The molecule has 7 nitrogen and oxygen atoms in total. The molecule has 0 saturated carbocycles. The predicted molar refractivity (Wildman–Crippen MR) is 102 cm³/mol. The zero-order valence-corrected chi connectivity index (χ0v) is 17.0. The number of benzene rings is 1. The third-order valence-electron chi connectivity index (χ3n) is 4.81. The first-order chi connectivity index (χ1) is 12.4. The molecule has 3 heterocycles. The largest absolute Gasteiger partial charge is 0.493 e. The second-order valence-electron chi connectivity index (χ2n) is 6.23. The van der Waals surface area contributed by atoms with Gasteiger partial charge in [0.05, 0.1) is 21.3 Å². The molecule has 1 aromatic carbocycles. The molecular weight excluding hydrogens is 376 g/mol. The van der Waals surface area contributed by atoms with E-state index < -0.39 is 10.9 Å². The van der Waals surface area contributed by atoms with Crippen LogP contribution in [0, 0.1) is 0 Å². The van der Waals surface area contributed by atoms with Gasteiger partial charge < -0.3 is 24.0 Å². The summed E-state index contributed by atoms with van der Waals surface area (Å²) < 4.78 is 16.1. The number of fused-ring (bicyclic) bond motifs is 4. The van der Waals surface area contributed by atoms with Crippen LogP contribution in [0.2, 0.25) is 0 Å². The Hall–Kier alpha value is -1.74. The van der Waals surface area contributed by atoms with Crippen molar-refractivity contribution in [3.05, 3.63) is 17.7 Å². The fourth-order valence-corrected chi connectivity index (χ4v) is 6.16. The van der Waals surface area contributed by atoms with Crippen LogP contribution < -0.4 is 14.2 Å². The highest BCUT2D eigenvalue weighted by atomic mass is 33.1. The highest BCUT2D eigenvalue weighted by Crippen LogP contribution is 2.48. The lowest BCUT2D eigenvalue weighted by Crippen LogP contribution is -2.66. The van der Waals surface area contributed by atoms with Gasteiger partial charge in [0.1, 0.15) is 6.04 Å². The van der Waals surface area contributed by atoms with Crippen molar-refractivity contribution in [1.82, 2.24) is 9.80 Å². The van der Waals surface area contributed by atoms with Crippen LogP contribution in [0.5, 0.6) is 17.2 Å². The fraction of sp³-hybridized carbons (Fsp3) is 0.529. The summed E-state index contributed by atoms with van der Waals surface area (Å²) in [6.07, 6.45) is 0. The minimum atomic E-state index is -0.893. The van der Waals surface area contributed by atoms with Crippen LogP contribution in [0.25, 0.3) is 0 Å². The van der Waals surface area contributed by atoms with Gasteiger partial charge >= 0.3 is 0 Å². The lowest BCUT2D eigenvalue weighted by atomic mass is 10.0. The molecule has 2 atom stereocenters. The van der Waals surface area contributed by atoms with Gasteiger partial charge in [-0.15, -0.1) is 0 Å². The lowest BCUT2D eigenvalue weighted by Gasteiger charge is -2.45. The van der Waals surface area contributed by atoms with Gasteiger partial charge in [0, 0.05) is 19.3 Å². The summed E-state index contributed by atoms with van der Waals surface area (Å²) in [6.45, 7) is 2.10. The molecule has 2 unspecified atom stereocenters. The zero-order valence-electron chi connectivity index (χ0n) is 15.4. The van der Waals surface area contributed by atoms with Crippen LogP contribution in [0.1, 0.15) is 12.5 Å². The first-order valence-corrected chi connectivity index (χ1v) is 10.4. The number of carbonyl (C=O) groups is 2. The lowest BCUT2D eigenvalue weighted by molar-refractivity contribution is -0.160. The summed E-state index contributed by atoms with van der Waals surface area (Å²) in [5, 5.41) is 0. The number of ether oxygens (including phenoxy) is 3. The molecule has 3 saturated heterocycles. The maximum atomic E-state index is 13.1. The van der Waals surface area contributed by atoms with Gasteiger partial charge in [-0.25, -0.2) is 0 Å². The Morgan fingerprint density at radius 3 is 2.31 bits per heavy atom. The van der Waals surface area contributed by atoms with E-state index in [-0.39, 0.29) is 11.8 Å². The molecule has 4 rings (SSSR count). The number of amides is 2. The monoisotopic (exact) mass is 398 g/mol. The molecule has 0 aromatic heterocycles. The standard InChI is InChI=1S/C17H22N2O5S2/c1-17-16(21)19(11(9-25-26-17)15(20)18(17)2)8-10-6-12(22-3)14(24-5)13(7-10)23-4/h6-7,11H,8-9H2,1-5H3. The average Bonchev–Trinajstić information content (AvgIpc) is 2.84. The van der Waals surface area contributed by atoms with Crippen LogP contribution >= 0.6 is 21.6 Å². The molecule has 2 bridgehead atoms. The summed E-state index contributed by atoms with van der Waals surface area (Å²) in [5.74, 6) is 2.02. The summed E-state index contributed by atoms with van der Waals surface area (Å²) in [5.41, 5.74) is 0.814. The Bertz CT molecular complexity index is 719. The Balaban J connectivity index is 1.98. The number of piperazine rings is 1. The first-order valence-electron chi connectivity index (χ1n) is 8.05. The van der Waals surface area contributed by atoms with E-state index in [1.54, 1.807) is 55.9 Å². The average molecular weight is 399 g/mol. The normalized spacial score (nSPS) is 25.3. The van der Waals surface area contributed by atoms with Gasteiger partial charge in [0.15, 0.2) is 16.4 Å². The molecule has 9 heteroatoms. The SMILES string of the molecule is COc1cc(CN2C(=O)C3(C)SSCC2C(=O)N3C)cc(OC)c1OC. The number of hydrogen-bond donors (Lipinski definition) is 0. The number of rotatable bonds is 5. The maximum absolute atomic E-state index is 13.1. The molecule has 0 radical (unpaired) electrons. The summed E-state index contributed by atoms with van der Waals surface area (Å²) in [6, 6.07) is 3.15. The highest BCUT2D eigenvalue weighted by molar-refractivity contribution is 8.77. The summed E-state index contributed by atoms with van der Waals surface area (Å²) in [7, 11) is 9.34. The van der Waals surface area contributed by atoms with Gasteiger partial charge in [0.25, 0.3) is 5.91 Å². The van der Waals surface area contributed by atoms with Crippen molar-refractivity contribution < 1.29 is 23.8 Å². The third kappa shape index (κ3) is 2.87. The molecular formula is C17H22N2O5S2. The van der Waals surface area contributed by atoms with Crippen LogP contribution in [-0.4, -0.2) is 66.7 Å². The number of carbonyl (C=O) groups excluding carboxylic acids is 2. The van der Waals surface area contributed by atoms with E-state index in [1.807, 2.05) is 12.1 Å². The van der Waals surface area contributed by atoms with Crippen molar-refractivity contribution in [2.45, 2.75) is 24.4 Å². The second kappa shape index (κ2) is 7.11. The van der Waals surface area contributed by atoms with E-state index in [0.717, 1.165) is 5.56 Å². The molecule has 142 valence electrons. The first kappa shape index (κ1) is 19.0. The van der Waals surface area contributed by atoms with Crippen molar-refractivity contribution >= 4 is 33.4 Å². The van der Waals surface area contributed by atoms with Crippen LogP contribution in [0.4, 0.5) is 0 Å². The van der Waals surface area contributed by atoms with Crippen LogP contribution in [0.3, 0.4) is 0 Å². The fourth-order valence-electron chi connectivity index (χ4n) is 3.19. The molecule has 0 aliphatic carbocycles. The van der Waals surface area contributed by atoms with Crippen molar-refractivity contribution in [2.24, 2.45) is 0 Å². The van der Waals surface area contributed by atoms with E-state index in [1.165, 1.54) is 10.8 Å². The third-order valence-corrected chi connectivity index (χ3v) is 7.89. The smallest absolute Gasteiger partial charge is 0.260 e. The summed E-state index contributed by atoms with van der Waals surface area (Å²) in [4.78, 5) is 28.2. The second-order valence-corrected chi connectivity index (χ2v) is 8.97. The van der Waals surface area contributed by atoms with Crippen molar-refractivity contribution in [2.75, 3.05) is 34.1 Å². The van der Waals surface area contributed by atoms with E-state index in [4.69, 9.17) is 14.2 Å². The number of hydrogen-bond acceptors (Lipinski definition) is 7. The van der Waals surface area contributed by atoms with E-state index >= 15 is 0 Å². The molecule has 0 spiro atoms. The maximum Gasteiger partial charge on any atom is 0.260 e. The van der Waals surface area contributed by atoms with Gasteiger partial charge in [-0.2, -0.15) is 0 Å². The quantitative estimate of drug-likeness (QED) is 0.703. The van der Waals surface area contributed by atoms with Crippen molar-refractivity contribution in [3.63, 3.8) is 0 Å². The molecule has 3 aliphatic rings. The topological polar surface area (TPSA) is 68.3 Å². The Kier molecular flexibility index (Phi) is 5.21. The van der Waals surface area contributed by atoms with Gasteiger partial charge in [-0.05, 0) is 24.6 Å². The Morgan fingerprint density at radius 2 is 1.77 bits per heavy atom. The predicted octanol–water partition coefficient (Wildman–Crippen LogP) is 1.99. The highest BCUT2D eigenvalue weighted by Gasteiger charge is 2.55. The van der Waals surface area contributed by atoms with Crippen molar-refractivity contribution in [3.8, 4) is 17.2 Å². The molecule has 26 heavy (non-hydrogen) atoms. The number of likely N-dealkylation sites (N-methyl/N-ethyl adjacent to an activating group) is 1. The van der Waals surface area contributed by atoms with Gasteiger partial charge in [-0.1, -0.05) is 21.6 Å². The number of methoxy groups -OCH3 is 3. The van der Waals surface area contributed by atoms with Gasteiger partial charge in [0.2, 0.25) is 11.7 Å². The minimum Gasteiger partial charge on any atom is -0.493 e. The van der Waals surface area contributed by atoms with Gasteiger partial charge in [-0.3, -0.25) is 9.59 Å². The van der Waals surface area contributed by atoms with E-state index in [0.29, 0.717) is 29.5 Å². The van der Waals surface area contributed by atoms with E-state index in [2.05, 4.69) is 0 Å². The molecule has 2 amide bonds. The molecule has 3 aliphatic heterocycles. The number of nitrogens with zero attached hydrogens (tertiary/aromatic N) is 2. The molecule has 0 N–H and O–H groups in total. The van der Waals surface area contributed by atoms with Crippen molar-refractivity contribution in [1.29, 1.82) is 0 Å². The molecule has 3 fully saturated rings. The van der Waals surface area contributed by atoms with Crippen LogP contribution in [0.15, 0.2) is 12.1 Å². The minimum absolute atomic E-state index is 0.0305. The van der Waals surface area contributed by atoms with E-state index in [9.17, 15) is 9.59 Å².